The van der Waals surface area contributed by atoms with Gasteiger partial charge in [-0.25, -0.2) is 8.42 Å². The zero-order valence-electron chi connectivity index (χ0n) is 17.6. The van der Waals surface area contributed by atoms with Crippen LogP contribution in [0, 0.1) is 3.57 Å². The number of nitrogens with one attached hydrogen (secondary N) is 2. The van der Waals surface area contributed by atoms with E-state index in [1.165, 1.54) is 12.1 Å². The van der Waals surface area contributed by atoms with E-state index in [2.05, 4.69) is 32.6 Å². The second-order valence-electron chi connectivity index (χ2n) is 7.15. The minimum absolute atomic E-state index is 0.00601. The molecule has 11 heteroatoms. The number of anilines is 1. The van der Waals surface area contributed by atoms with E-state index in [0.29, 0.717) is 22.0 Å². The quantitative estimate of drug-likeness (QED) is 0.298. The molecule has 0 fully saturated rings. The Kier molecular flexibility index (Phi) is 8.89. The maximum Gasteiger partial charge on any atom is 0.307 e. The summed E-state index contributed by atoms with van der Waals surface area (Å²) in [6.45, 7) is -0.299. The number of amides is 1. The van der Waals surface area contributed by atoms with Gasteiger partial charge in [0.05, 0.1) is 11.3 Å². The van der Waals surface area contributed by atoms with Crippen LogP contribution in [0.15, 0.2) is 77.7 Å². The zero-order valence-corrected chi connectivity index (χ0v) is 21.3. The van der Waals surface area contributed by atoms with Gasteiger partial charge < -0.3 is 15.2 Å². The predicted octanol–water partition coefficient (Wildman–Crippen LogP) is 3.94. The molecule has 0 aliphatic rings. The van der Waals surface area contributed by atoms with Crippen LogP contribution in [0.1, 0.15) is 5.56 Å². The van der Waals surface area contributed by atoms with Gasteiger partial charge in [0.25, 0.3) is 0 Å². The number of hydrogen-bond donors (Lipinski definition) is 3. The molecule has 0 saturated carbocycles. The average Bonchev–Trinajstić information content (AvgIpc) is 2.78. The summed E-state index contributed by atoms with van der Waals surface area (Å²) in [5.74, 6) is -1.25. The monoisotopic (exact) mass is 614 g/mol. The molecule has 0 heterocycles. The molecule has 0 bridgehead atoms. The van der Waals surface area contributed by atoms with Gasteiger partial charge in [0.15, 0.2) is 0 Å². The Hall–Kier alpha value is -2.67. The average molecular weight is 615 g/mol. The van der Waals surface area contributed by atoms with E-state index < -0.39 is 27.9 Å². The predicted molar refractivity (Wildman–Crippen MR) is 137 cm³/mol. The van der Waals surface area contributed by atoms with Gasteiger partial charge in [0.1, 0.15) is 18.4 Å². The van der Waals surface area contributed by atoms with E-state index in [-0.39, 0.29) is 17.9 Å². The lowest BCUT2D eigenvalue weighted by Gasteiger charge is -2.19. The summed E-state index contributed by atoms with van der Waals surface area (Å²) in [7, 11) is -4.03. The Morgan fingerprint density at radius 3 is 2.32 bits per heavy atom. The van der Waals surface area contributed by atoms with Crippen molar-refractivity contribution < 1.29 is 27.9 Å². The molecule has 0 saturated heterocycles. The fourth-order valence-electron chi connectivity index (χ4n) is 2.88. The zero-order chi connectivity index (χ0) is 24.7. The van der Waals surface area contributed by atoms with E-state index in [1.807, 2.05) is 0 Å². The number of sulfonamides is 1. The van der Waals surface area contributed by atoms with Crippen LogP contribution in [0.2, 0.25) is 5.02 Å². The summed E-state index contributed by atoms with van der Waals surface area (Å²) in [5, 5.41) is 11.9. The van der Waals surface area contributed by atoms with Crippen molar-refractivity contribution in [1.82, 2.24) is 4.72 Å². The number of ether oxygens (including phenoxy) is 1. The molecule has 1 atom stereocenters. The lowest BCUT2D eigenvalue weighted by atomic mass is 10.1. The van der Waals surface area contributed by atoms with Crippen LogP contribution in [-0.2, 0) is 26.0 Å². The highest BCUT2D eigenvalue weighted by Gasteiger charge is 2.27. The number of rotatable bonds is 10. The van der Waals surface area contributed by atoms with Crippen LogP contribution < -0.4 is 14.8 Å². The van der Waals surface area contributed by atoms with Crippen molar-refractivity contribution in [1.29, 1.82) is 0 Å². The largest absolute Gasteiger partial charge is 0.491 e. The molecule has 3 N–H and O–H groups in total. The second-order valence-corrected chi connectivity index (χ2v) is 10.5. The Morgan fingerprint density at radius 1 is 1.03 bits per heavy atom. The molecule has 178 valence electrons. The first-order valence-electron chi connectivity index (χ1n) is 9.90. The van der Waals surface area contributed by atoms with Crippen molar-refractivity contribution >= 4 is 61.8 Å². The first-order valence-corrected chi connectivity index (χ1v) is 12.8. The van der Waals surface area contributed by atoms with E-state index in [1.54, 1.807) is 60.7 Å². The third-order valence-corrected chi connectivity index (χ3v) is 6.97. The first kappa shape index (κ1) is 25.9. The molecular weight excluding hydrogens is 595 g/mol. The molecule has 0 aromatic heterocycles. The summed E-state index contributed by atoms with van der Waals surface area (Å²) < 4.78 is 34.7. The van der Waals surface area contributed by atoms with Crippen LogP contribution in [-0.4, -0.2) is 38.0 Å². The maximum atomic E-state index is 13.0. The summed E-state index contributed by atoms with van der Waals surface area (Å²) in [6, 6.07) is 17.6. The fraction of sp³-hybridized carbons (Fsp3) is 0.130. The van der Waals surface area contributed by atoms with Crippen molar-refractivity contribution in [3.63, 3.8) is 0 Å². The number of benzene rings is 3. The van der Waals surface area contributed by atoms with Gasteiger partial charge in [-0.15, -0.1) is 0 Å². The van der Waals surface area contributed by atoms with Crippen molar-refractivity contribution in [2.75, 3.05) is 11.9 Å². The third-order valence-electron chi connectivity index (χ3n) is 4.53. The Balaban J connectivity index is 1.78. The van der Waals surface area contributed by atoms with Crippen molar-refractivity contribution in [3.8, 4) is 5.75 Å². The van der Waals surface area contributed by atoms with Crippen molar-refractivity contribution in [2.45, 2.75) is 17.4 Å². The third kappa shape index (κ3) is 7.69. The van der Waals surface area contributed by atoms with E-state index >= 15 is 0 Å². The Morgan fingerprint density at radius 2 is 1.71 bits per heavy atom. The minimum Gasteiger partial charge on any atom is -0.491 e. The van der Waals surface area contributed by atoms with Gasteiger partial charge in [-0.1, -0.05) is 29.8 Å². The van der Waals surface area contributed by atoms with Gasteiger partial charge in [0.2, 0.25) is 15.9 Å². The number of hydrogen-bond acceptors (Lipinski definition) is 5. The first-order chi connectivity index (χ1) is 16.1. The molecule has 34 heavy (non-hydrogen) atoms. The van der Waals surface area contributed by atoms with Crippen LogP contribution >= 0.6 is 34.2 Å². The smallest absolute Gasteiger partial charge is 0.307 e. The number of aliphatic carboxylic acids is 1. The summed E-state index contributed by atoms with van der Waals surface area (Å²) in [6.07, 6.45) is -0.153. The molecule has 1 unspecified atom stereocenters. The molecule has 8 nitrogen and oxygen atoms in total. The lowest BCUT2D eigenvalue weighted by Crippen LogP contribution is -2.47. The van der Waals surface area contributed by atoms with Gasteiger partial charge >= 0.3 is 5.97 Å². The van der Waals surface area contributed by atoms with E-state index in [4.69, 9.17) is 21.4 Å². The van der Waals surface area contributed by atoms with E-state index in [9.17, 15) is 18.0 Å². The van der Waals surface area contributed by atoms with Crippen LogP contribution in [0.25, 0.3) is 0 Å². The van der Waals surface area contributed by atoms with Gasteiger partial charge in [-0.2, -0.15) is 4.72 Å². The molecule has 3 rings (SSSR count). The lowest BCUT2D eigenvalue weighted by molar-refractivity contribution is -0.136. The number of carbonyl (C=O) groups is 2. The van der Waals surface area contributed by atoms with Gasteiger partial charge in [-0.05, 0) is 82.8 Å². The fourth-order valence-corrected chi connectivity index (χ4v) is 4.60. The van der Waals surface area contributed by atoms with Gasteiger partial charge in [-0.3, -0.25) is 9.59 Å². The van der Waals surface area contributed by atoms with Crippen LogP contribution in [0.3, 0.4) is 0 Å². The number of carbonyl (C=O) groups excluding carboxylic acids is 1. The molecule has 1 amide bonds. The Bertz CT molecular complexity index is 1270. The van der Waals surface area contributed by atoms with Gasteiger partial charge in [0, 0.05) is 14.3 Å². The molecule has 0 aliphatic carbocycles. The molecule has 0 radical (unpaired) electrons. The van der Waals surface area contributed by atoms with Crippen molar-refractivity contribution in [2.24, 2.45) is 0 Å². The van der Waals surface area contributed by atoms with Crippen LogP contribution in [0.4, 0.5) is 5.69 Å². The molecular formula is C23H20ClIN2O6S. The molecule has 3 aromatic rings. The highest BCUT2D eigenvalue weighted by atomic mass is 127. The molecule has 3 aromatic carbocycles. The van der Waals surface area contributed by atoms with Crippen molar-refractivity contribution in [3.05, 3.63) is 87.0 Å². The highest BCUT2D eigenvalue weighted by Crippen LogP contribution is 2.18. The number of carboxylic acids is 1. The molecule has 0 spiro atoms. The summed E-state index contributed by atoms with van der Waals surface area (Å²) in [5.41, 5.74) is 0.936. The maximum absolute atomic E-state index is 13.0. The minimum atomic E-state index is -4.03. The normalized spacial score (nSPS) is 12.1. The van der Waals surface area contributed by atoms with E-state index in [0.717, 1.165) is 3.57 Å². The highest BCUT2D eigenvalue weighted by molar-refractivity contribution is 14.1. The summed E-state index contributed by atoms with van der Waals surface area (Å²) >= 11 is 8.03. The molecule has 0 aliphatic heterocycles. The van der Waals surface area contributed by atoms with Crippen LogP contribution in [0.5, 0.6) is 5.75 Å². The second kappa shape index (κ2) is 11.6. The summed E-state index contributed by atoms with van der Waals surface area (Å²) in [4.78, 5) is 23.8. The number of halogens is 2. The number of carboxylic acid groups (broad SMARTS) is 1. The standard InChI is InChI=1S/C23H20ClIN2O6S/c24-16-2-1-3-19(13-16)33-14-21(27-34(31,32)20-10-6-17(25)7-11-20)23(30)26-18-8-4-15(5-9-18)12-22(28)29/h1-11,13,21,27H,12,14H2,(H,26,30)(H,28,29). The Labute approximate surface area is 215 Å². The topological polar surface area (TPSA) is 122 Å². The SMILES string of the molecule is O=C(O)Cc1ccc(NC(=O)C(COc2cccc(Cl)c2)NS(=O)(=O)c2ccc(I)cc2)cc1.